The van der Waals surface area contributed by atoms with Gasteiger partial charge in [0.25, 0.3) is 0 Å². The first kappa shape index (κ1) is 18.4. The van der Waals surface area contributed by atoms with Crippen LogP contribution in [0.2, 0.25) is 5.02 Å². The second-order valence-electron chi connectivity index (χ2n) is 7.52. The summed E-state index contributed by atoms with van der Waals surface area (Å²) in [4.78, 5) is 40.6. The Hall–Kier alpha value is -1.96. The minimum absolute atomic E-state index is 0.322. The van der Waals surface area contributed by atoms with E-state index in [0.717, 1.165) is 6.42 Å². The number of carbonyl (C=O) groups is 3. The van der Waals surface area contributed by atoms with E-state index < -0.39 is 35.4 Å². The van der Waals surface area contributed by atoms with Crippen LogP contribution in [-0.4, -0.2) is 46.4 Å². The molecular weight excluding hydrogens is 370 g/mol. The summed E-state index contributed by atoms with van der Waals surface area (Å²) < 4.78 is 0. The van der Waals surface area contributed by atoms with Gasteiger partial charge in [-0.2, -0.15) is 0 Å². The first-order valence-corrected chi connectivity index (χ1v) is 9.63. The van der Waals surface area contributed by atoms with Gasteiger partial charge in [-0.25, -0.2) is 0 Å². The Kier molecular flexibility index (Phi) is 4.29. The number of carbonyl (C=O) groups excluding carboxylic acids is 3. The van der Waals surface area contributed by atoms with Crippen LogP contribution in [0.4, 0.5) is 5.69 Å². The minimum Gasteiger partial charge on any atom is -0.392 e. The van der Waals surface area contributed by atoms with Crippen molar-refractivity contribution in [1.82, 2.24) is 10.2 Å². The molecule has 1 spiro atoms. The molecule has 3 N–H and O–H groups in total. The summed E-state index contributed by atoms with van der Waals surface area (Å²) >= 11 is 6.25. The summed E-state index contributed by atoms with van der Waals surface area (Å²) in [6.45, 7) is 3.87. The average Bonchev–Trinajstić information content (AvgIpc) is 3.21. The number of nitrogens with zero attached hydrogens (tertiary/aromatic N) is 1. The first-order valence-electron chi connectivity index (χ1n) is 9.26. The number of hydrogen-bond donors (Lipinski definition) is 3. The molecule has 5 atom stereocenters. The zero-order chi connectivity index (χ0) is 19.5. The molecule has 27 heavy (non-hydrogen) atoms. The molecule has 2 saturated heterocycles. The Morgan fingerprint density at radius 3 is 2.70 bits per heavy atom. The molecule has 3 aliphatic heterocycles. The second kappa shape index (κ2) is 6.29. The monoisotopic (exact) mass is 391 g/mol. The van der Waals surface area contributed by atoms with Crippen molar-refractivity contribution in [2.45, 2.75) is 44.4 Å². The summed E-state index contributed by atoms with van der Waals surface area (Å²) in [5.41, 5.74) is -0.397. The molecule has 8 heteroatoms. The van der Waals surface area contributed by atoms with Gasteiger partial charge < -0.3 is 10.4 Å². The van der Waals surface area contributed by atoms with E-state index in [2.05, 4.69) is 10.6 Å². The Morgan fingerprint density at radius 2 is 2.04 bits per heavy atom. The minimum atomic E-state index is -1.40. The Morgan fingerprint density at radius 1 is 1.30 bits per heavy atom. The number of unbranched alkanes of at least 4 members (excludes halogenated alkanes) is 1. The smallest absolute Gasteiger partial charge is 0.250 e. The van der Waals surface area contributed by atoms with E-state index in [4.69, 9.17) is 11.6 Å². The zero-order valence-corrected chi connectivity index (χ0v) is 15.9. The molecular formula is C19H22ClN3O4. The predicted molar refractivity (Wildman–Crippen MR) is 99.0 cm³/mol. The Labute approximate surface area is 162 Å². The number of aliphatic hydroxyl groups is 1. The van der Waals surface area contributed by atoms with Gasteiger partial charge in [0.2, 0.25) is 17.7 Å². The van der Waals surface area contributed by atoms with Gasteiger partial charge in [-0.1, -0.05) is 37.1 Å². The summed E-state index contributed by atoms with van der Waals surface area (Å²) in [6, 6.07) is 4.41. The summed E-state index contributed by atoms with van der Waals surface area (Å²) in [5.74, 6) is -2.79. The lowest BCUT2D eigenvalue weighted by Crippen LogP contribution is -2.54. The fourth-order valence-electron chi connectivity index (χ4n) is 4.73. The number of amides is 3. The number of benzene rings is 1. The number of aliphatic hydroxyl groups excluding tert-OH is 1. The van der Waals surface area contributed by atoms with Gasteiger partial charge in [0, 0.05) is 18.2 Å². The Balaban J connectivity index is 1.87. The lowest BCUT2D eigenvalue weighted by molar-refractivity contribution is -0.143. The Bertz CT molecular complexity index is 842. The van der Waals surface area contributed by atoms with Crippen LogP contribution in [-0.2, 0) is 19.9 Å². The maximum atomic E-state index is 13.2. The van der Waals surface area contributed by atoms with Crippen molar-refractivity contribution in [3.63, 3.8) is 0 Å². The van der Waals surface area contributed by atoms with Crippen molar-refractivity contribution >= 4 is 35.0 Å². The summed E-state index contributed by atoms with van der Waals surface area (Å²) in [5, 5.41) is 16.6. The number of nitrogens with one attached hydrogen (secondary N) is 2. The third kappa shape index (κ3) is 2.31. The van der Waals surface area contributed by atoms with E-state index in [0.29, 0.717) is 29.2 Å². The molecule has 0 aromatic heterocycles. The fraction of sp³-hybridized carbons (Fsp3) is 0.526. The van der Waals surface area contributed by atoms with Gasteiger partial charge in [0.15, 0.2) is 0 Å². The SMILES string of the molecule is CCCCN1C(=O)[C@@H]2[C@@H]([C@H](C)O)N[C@@]3(C(=O)Nc4c(Cl)cccc43)[C@@H]2C1=O. The molecule has 7 nitrogen and oxygen atoms in total. The van der Waals surface area contributed by atoms with E-state index in [1.807, 2.05) is 6.92 Å². The van der Waals surface area contributed by atoms with Gasteiger partial charge in [0.1, 0.15) is 5.54 Å². The van der Waals surface area contributed by atoms with Crippen LogP contribution < -0.4 is 10.6 Å². The number of para-hydroxylation sites is 1. The molecule has 0 aliphatic carbocycles. The third-order valence-corrected chi connectivity index (χ3v) is 6.30. The quantitative estimate of drug-likeness (QED) is 0.671. The van der Waals surface area contributed by atoms with Crippen molar-refractivity contribution in [2.75, 3.05) is 11.9 Å². The third-order valence-electron chi connectivity index (χ3n) is 5.98. The fourth-order valence-corrected chi connectivity index (χ4v) is 4.96. The molecule has 0 bridgehead atoms. The van der Waals surface area contributed by atoms with Crippen LogP contribution in [0.5, 0.6) is 0 Å². The van der Waals surface area contributed by atoms with E-state index in [1.54, 1.807) is 25.1 Å². The molecule has 144 valence electrons. The molecule has 0 unspecified atom stereocenters. The standard InChI is InChI=1S/C19H22ClN3O4/c1-3-4-8-23-16(25)12-13(17(23)26)19(22-14(12)9(2)24)10-6-5-7-11(20)15(10)21-18(19)27/h5-7,9,12-14,22,24H,3-4,8H2,1-2H3,(H,21,27)/t9-,12-,13-,14+,19+/m0/s1. The van der Waals surface area contributed by atoms with Crippen molar-refractivity contribution in [2.24, 2.45) is 11.8 Å². The number of rotatable bonds is 4. The molecule has 2 fully saturated rings. The number of imide groups is 1. The molecule has 4 rings (SSSR count). The number of likely N-dealkylation sites (tertiary alicyclic amines) is 1. The summed E-state index contributed by atoms with van der Waals surface area (Å²) in [6.07, 6.45) is 0.635. The van der Waals surface area contributed by atoms with E-state index in [1.165, 1.54) is 4.90 Å². The molecule has 3 aliphatic rings. The highest BCUT2D eigenvalue weighted by atomic mass is 35.5. The zero-order valence-electron chi connectivity index (χ0n) is 15.2. The van der Waals surface area contributed by atoms with Gasteiger partial charge in [-0.3, -0.25) is 24.6 Å². The van der Waals surface area contributed by atoms with Gasteiger partial charge in [0.05, 0.1) is 28.6 Å². The highest BCUT2D eigenvalue weighted by Crippen LogP contribution is 2.54. The highest BCUT2D eigenvalue weighted by Gasteiger charge is 2.71. The first-order chi connectivity index (χ1) is 12.8. The number of halogens is 1. The lowest BCUT2D eigenvalue weighted by atomic mass is 9.76. The average molecular weight is 392 g/mol. The van der Waals surface area contributed by atoms with Crippen LogP contribution in [0.3, 0.4) is 0 Å². The van der Waals surface area contributed by atoms with Crippen LogP contribution in [0.15, 0.2) is 18.2 Å². The van der Waals surface area contributed by atoms with Crippen LogP contribution in [0.25, 0.3) is 0 Å². The van der Waals surface area contributed by atoms with Crippen LogP contribution in [0, 0.1) is 11.8 Å². The van der Waals surface area contributed by atoms with Gasteiger partial charge in [-0.05, 0) is 19.4 Å². The van der Waals surface area contributed by atoms with Crippen LogP contribution in [0.1, 0.15) is 32.3 Å². The van der Waals surface area contributed by atoms with Crippen LogP contribution >= 0.6 is 11.6 Å². The number of fused-ring (bicyclic) bond motifs is 4. The maximum Gasteiger partial charge on any atom is 0.250 e. The molecule has 3 amide bonds. The molecule has 0 radical (unpaired) electrons. The number of anilines is 1. The van der Waals surface area contributed by atoms with Gasteiger partial charge >= 0.3 is 0 Å². The molecule has 1 aromatic carbocycles. The largest absolute Gasteiger partial charge is 0.392 e. The maximum absolute atomic E-state index is 13.2. The van der Waals surface area contributed by atoms with Gasteiger partial charge in [-0.15, -0.1) is 0 Å². The van der Waals surface area contributed by atoms with Crippen molar-refractivity contribution in [3.05, 3.63) is 28.8 Å². The topological polar surface area (TPSA) is 98.7 Å². The highest BCUT2D eigenvalue weighted by molar-refractivity contribution is 6.35. The second-order valence-corrected chi connectivity index (χ2v) is 7.93. The summed E-state index contributed by atoms with van der Waals surface area (Å²) in [7, 11) is 0. The molecule has 3 heterocycles. The molecule has 0 saturated carbocycles. The normalized spacial score (nSPS) is 32.8. The predicted octanol–water partition coefficient (Wildman–Crippen LogP) is 1.24. The van der Waals surface area contributed by atoms with Crippen molar-refractivity contribution in [1.29, 1.82) is 0 Å². The van der Waals surface area contributed by atoms with Crippen molar-refractivity contribution < 1.29 is 19.5 Å². The number of hydrogen-bond acceptors (Lipinski definition) is 5. The molecule has 1 aromatic rings. The lowest BCUT2D eigenvalue weighted by Gasteiger charge is -2.30. The van der Waals surface area contributed by atoms with E-state index in [9.17, 15) is 19.5 Å². The van der Waals surface area contributed by atoms with E-state index in [-0.39, 0.29) is 11.8 Å². The van der Waals surface area contributed by atoms with E-state index >= 15 is 0 Å². The van der Waals surface area contributed by atoms with Crippen molar-refractivity contribution in [3.8, 4) is 0 Å².